The van der Waals surface area contributed by atoms with Crippen LogP contribution in [0.1, 0.15) is 81.9 Å². The molecule has 1 nitrogen and oxygen atoms in total. The van der Waals surface area contributed by atoms with Gasteiger partial charge in [-0.2, -0.15) is 0 Å². The number of nitrogens with zero attached hydrogens (tertiary/aromatic N) is 1. The van der Waals surface area contributed by atoms with Crippen molar-refractivity contribution in [3.63, 3.8) is 0 Å². The molecule has 1 aromatic heterocycles. The van der Waals surface area contributed by atoms with E-state index in [-0.39, 0.29) is 0 Å². The number of pyridine rings is 1. The van der Waals surface area contributed by atoms with Crippen LogP contribution in [0.25, 0.3) is 0 Å². The molecule has 1 heterocycles. The summed E-state index contributed by atoms with van der Waals surface area (Å²) in [7, 11) is 0. The molecule has 100 valence electrons. The molecular formula is C17H27N. The first-order valence-corrected chi connectivity index (χ1v) is 7.58. The van der Waals surface area contributed by atoms with Gasteiger partial charge in [0.15, 0.2) is 0 Å². The SMILES string of the molecule is CC(C)c1cncc2c1C(C(C)C)CCCCC2. The van der Waals surface area contributed by atoms with Gasteiger partial charge in [-0.1, -0.05) is 40.5 Å². The molecule has 1 heteroatoms. The molecule has 18 heavy (non-hydrogen) atoms. The summed E-state index contributed by atoms with van der Waals surface area (Å²) in [6, 6.07) is 0. The van der Waals surface area contributed by atoms with Gasteiger partial charge in [-0.25, -0.2) is 0 Å². The minimum atomic E-state index is 0.591. The molecule has 0 aliphatic heterocycles. The van der Waals surface area contributed by atoms with Gasteiger partial charge < -0.3 is 0 Å². The highest BCUT2D eigenvalue weighted by atomic mass is 14.6. The van der Waals surface area contributed by atoms with Crippen LogP contribution in [0.5, 0.6) is 0 Å². The number of hydrogen-bond acceptors (Lipinski definition) is 1. The fourth-order valence-corrected chi connectivity index (χ4v) is 3.31. The van der Waals surface area contributed by atoms with Crippen molar-refractivity contribution >= 4 is 0 Å². The topological polar surface area (TPSA) is 12.9 Å². The van der Waals surface area contributed by atoms with E-state index in [9.17, 15) is 0 Å². The summed E-state index contributed by atoms with van der Waals surface area (Å²) in [4.78, 5) is 4.49. The molecule has 1 unspecified atom stereocenters. The molecule has 2 rings (SSSR count). The summed E-state index contributed by atoms with van der Waals surface area (Å²) in [5, 5.41) is 0. The Hall–Kier alpha value is -0.850. The molecule has 0 fully saturated rings. The number of hydrogen-bond donors (Lipinski definition) is 0. The Bertz CT molecular complexity index is 393. The van der Waals surface area contributed by atoms with Crippen LogP contribution in [0.4, 0.5) is 0 Å². The average Bonchev–Trinajstić information content (AvgIpc) is 2.28. The molecule has 0 spiro atoms. The van der Waals surface area contributed by atoms with E-state index >= 15 is 0 Å². The molecule has 0 aromatic carbocycles. The van der Waals surface area contributed by atoms with Crippen LogP contribution in [-0.4, -0.2) is 4.98 Å². The van der Waals surface area contributed by atoms with Crippen molar-refractivity contribution in [1.29, 1.82) is 0 Å². The molecular weight excluding hydrogens is 218 g/mol. The maximum Gasteiger partial charge on any atom is 0.0305 e. The molecule has 1 aliphatic carbocycles. The van der Waals surface area contributed by atoms with Crippen molar-refractivity contribution in [3.8, 4) is 0 Å². The van der Waals surface area contributed by atoms with E-state index in [0.717, 1.165) is 11.8 Å². The minimum Gasteiger partial charge on any atom is -0.264 e. The van der Waals surface area contributed by atoms with Crippen LogP contribution in [0.2, 0.25) is 0 Å². The Labute approximate surface area is 112 Å². The third-order valence-corrected chi connectivity index (χ3v) is 4.36. The van der Waals surface area contributed by atoms with E-state index in [1.807, 2.05) is 0 Å². The maximum absolute atomic E-state index is 4.49. The van der Waals surface area contributed by atoms with Crippen molar-refractivity contribution in [3.05, 3.63) is 29.1 Å². The molecule has 0 saturated heterocycles. The summed E-state index contributed by atoms with van der Waals surface area (Å²) in [5.41, 5.74) is 4.67. The third kappa shape index (κ3) is 2.76. The molecule has 0 bridgehead atoms. The summed E-state index contributed by atoms with van der Waals surface area (Å²) in [5.74, 6) is 2.07. The summed E-state index contributed by atoms with van der Waals surface area (Å²) in [6.07, 6.45) is 10.9. The second kappa shape index (κ2) is 5.86. The number of aromatic nitrogens is 1. The molecule has 0 saturated carbocycles. The first kappa shape index (κ1) is 13.6. The van der Waals surface area contributed by atoms with E-state index in [0.29, 0.717) is 5.92 Å². The minimum absolute atomic E-state index is 0.591. The lowest BCUT2D eigenvalue weighted by Gasteiger charge is -2.29. The van der Waals surface area contributed by atoms with Gasteiger partial charge in [0.05, 0.1) is 0 Å². The predicted molar refractivity (Wildman–Crippen MR) is 78.1 cm³/mol. The third-order valence-electron chi connectivity index (χ3n) is 4.36. The maximum atomic E-state index is 4.49. The summed E-state index contributed by atoms with van der Waals surface area (Å²) in [6.45, 7) is 9.35. The van der Waals surface area contributed by atoms with Gasteiger partial charge >= 0.3 is 0 Å². The van der Waals surface area contributed by atoms with E-state index in [4.69, 9.17) is 0 Å². The predicted octanol–water partition coefficient (Wildman–Crippen LogP) is 5.06. The Kier molecular flexibility index (Phi) is 4.42. The van der Waals surface area contributed by atoms with Crippen LogP contribution in [0.15, 0.2) is 12.4 Å². The van der Waals surface area contributed by atoms with Crippen molar-refractivity contribution in [1.82, 2.24) is 4.98 Å². The summed E-state index contributed by atoms with van der Waals surface area (Å²) < 4.78 is 0. The van der Waals surface area contributed by atoms with Gasteiger partial charge in [-0.3, -0.25) is 4.98 Å². The first-order chi connectivity index (χ1) is 8.61. The molecule has 0 amide bonds. The highest BCUT2D eigenvalue weighted by molar-refractivity contribution is 5.38. The lowest BCUT2D eigenvalue weighted by atomic mass is 9.76. The van der Waals surface area contributed by atoms with Crippen LogP contribution in [0, 0.1) is 5.92 Å². The standard InChI is InChI=1S/C17H27N/c1-12(2)15-9-7-5-6-8-14-10-18-11-16(13(3)4)17(14)15/h10-13,15H,5-9H2,1-4H3. The van der Waals surface area contributed by atoms with Gasteiger partial charge in [-0.15, -0.1) is 0 Å². The van der Waals surface area contributed by atoms with Crippen molar-refractivity contribution in [2.75, 3.05) is 0 Å². The van der Waals surface area contributed by atoms with E-state index in [2.05, 4.69) is 45.1 Å². The van der Waals surface area contributed by atoms with Gasteiger partial charge in [0, 0.05) is 12.4 Å². The molecule has 0 N–H and O–H groups in total. The Morgan fingerprint density at radius 1 is 1.06 bits per heavy atom. The fraction of sp³-hybridized carbons (Fsp3) is 0.706. The highest BCUT2D eigenvalue weighted by Gasteiger charge is 2.24. The molecule has 1 aliphatic rings. The molecule has 1 atom stereocenters. The van der Waals surface area contributed by atoms with E-state index in [1.165, 1.54) is 43.2 Å². The van der Waals surface area contributed by atoms with Crippen LogP contribution < -0.4 is 0 Å². The van der Waals surface area contributed by atoms with Gasteiger partial charge in [0.2, 0.25) is 0 Å². The molecule has 1 aromatic rings. The zero-order valence-corrected chi connectivity index (χ0v) is 12.4. The van der Waals surface area contributed by atoms with Crippen LogP contribution in [0.3, 0.4) is 0 Å². The van der Waals surface area contributed by atoms with E-state index in [1.54, 1.807) is 5.56 Å². The lowest BCUT2D eigenvalue weighted by molar-refractivity contribution is 0.428. The highest BCUT2D eigenvalue weighted by Crippen LogP contribution is 2.38. The molecule has 0 radical (unpaired) electrons. The van der Waals surface area contributed by atoms with Gasteiger partial charge in [0.25, 0.3) is 0 Å². The number of aryl methyl sites for hydroxylation is 1. The largest absolute Gasteiger partial charge is 0.264 e. The van der Waals surface area contributed by atoms with Crippen molar-refractivity contribution < 1.29 is 0 Å². The second-order valence-electron chi connectivity index (χ2n) is 6.41. The second-order valence-corrected chi connectivity index (χ2v) is 6.41. The summed E-state index contributed by atoms with van der Waals surface area (Å²) >= 11 is 0. The zero-order valence-electron chi connectivity index (χ0n) is 12.4. The quantitative estimate of drug-likeness (QED) is 0.709. The Morgan fingerprint density at radius 3 is 2.50 bits per heavy atom. The Morgan fingerprint density at radius 2 is 1.83 bits per heavy atom. The Balaban J connectivity index is 2.51. The normalized spacial score (nSPS) is 20.7. The van der Waals surface area contributed by atoms with Crippen molar-refractivity contribution in [2.45, 2.75) is 71.6 Å². The first-order valence-electron chi connectivity index (χ1n) is 7.58. The average molecular weight is 245 g/mol. The lowest BCUT2D eigenvalue weighted by Crippen LogP contribution is -2.15. The van der Waals surface area contributed by atoms with E-state index < -0.39 is 0 Å². The zero-order chi connectivity index (χ0) is 13.1. The fourth-order valence-electron chi connectivity index (χ4n) is 3.31. The van der Waals surface area contributed by atoms with Gasteiger partial charge in [0.1, 0.15) is 0 Å². The van der Waals surface area contributed by atoms with Gasteiger partial charge in [-0.05, 0) is 53.7 Å². The van der Waals surface area contributed by atoms with Crippen LogP contribution >= 0.6 is 0 Å². The van der Waals surface area contributed by atoms with Crippen LogP contribution in [-0.2, 0) is 6.42 Å². The number of fused-ring (bicyclic) bond motifs is 1. The monoisotopic (exact) mass is 245 g/mol. The number of rotatable bonds is 2. The smallest absolute Gasteiger partial charge is 0.0305 e. The van der Waals surface area contributed by atoms with Crippen molar-refractivity contribution in [2.24, 2.45) is 5.92 Å².